The van der Waals surface area contributed by atoms with E-state index in [-0.39, 0.29) is 29.9 Å². The summed E-state index contributed by atoms with van der Waals surface area (Å²) in [7, 11) is 1.86. The van der Waals surface area contributed by atoms with Crippen LogP contribution in [0.4, 0.5) is 0 Å². The van der Waals surface area contributed by atoms with Crippen molar-refractivity contribution < 1.29 is 4.79 Å². The number of carbonyl (C=O) groups is 1. The second kappa shape index (κ2) is 9.94. The summed E-state index contributed by atoms with van der Waals surface area (Å²) in [5, 5.41) is 7.20. The lowest BCUT2D eigenvalue weighted by Gasteiger charge is -2.32. The first kappa shape index (κ1) is 20.7. The molecule has 0 bridgehead atoms. The Morgan fingerprint density at radius 3 is 2.40 bits per heavy atom. The summed E-state index contributed by atoms with van der Waals surface area (Å²) in [6.45, 7) is 2.22. The van der Waals surface area contributed by atoms with Gasteiger partial charge in [0.2, 0.25) is 5.91 Å². The number of amides is 1. The number of halogens is 1. The van der Waals surface area contributed by atoms with Crippen molar-refractivity contribution in [1.29, 1.82) is 0 Å². The van der Waals surface area contributed by atoms with E-state index in [4.69, 9.17) is 5.73 Å². The molecule has 1 aliphatic heterocycles. The first-order valence-electron chi connectivity index (χ1n) is 9.66. The van der Waals surface area contributed by atoms with E-state index in [1.807, 2.05) is 7.05 Å². The summed E-state index contributed by atoms with van der Waals surface area (Å²) < 4.78 is 0. The first-order chi connectivity index (χ1) is 11.7. The van der Waals surface area contributed by atoms with Crippen LogP contribution in [0.15, 0.2) is 4.99 Å². The molecule has 6 nitrogen and oxygen atoms in total. The maximum absolute atomic E-state index is 11.0. The lowest BCUT2D eigenvalue weighted by Crippen LogP contribution is -2.50. The number of hydrogen-bond donors (Lipinski definition) is 3. The van der Waals surface area contributed by atoms with Crippen LogP contribution in [0.3, 0.4) is 0 Å². The molecule has 4 N–H and O–H groups in total. The number of primary amides is 1. The van der Waals surface area contributed by atoms with Crippen LogP contribution in [0.1, 0.15) is 51.4 Å². The van der Waals surface area contributed by atoms with Crippen LogP contribution >= 0.6 is 24.0 Å². The van der Waals surface area contributed by atoms with Gasteiger partial charge in [-0.15, -0.1) is 24.0 Å². The summed E-state index contributed by atoms with van der Waals surface area (Å²) in [6, 6.07) is 1.06. The zero-order valence-electron chi connectivity index (χ0n) is 15.4. The molecule has 0 aromatic rings. The van der Waals surface area contributed by atoms with Gasteiger partial charge in [0, 0.05) is 32.2 Å². The quantitative estimate of drug-likeness (QED) is 0.329. The summed E-state index contributed by atoms with van der Waals surface area (Å²) in [6.07, 6.45) is 10.5. The molecule has 25 heavy (non-hydrogen) atoms. The molecule has 0 aromatic carbocycles. The van der Waals surface area contributed by atoms with E-state index in [1.54, 1.807) is 0 Å². The Hall–Kier alpha value is -0.570. The maximum atomic E-state index is 11.0. The van der Waals surface area contributed by atoms with Crippen molar-refractivity contribution in [3.05, 3.63) is 0 Å². The fourth-order valence-electron chi connectivity index (χ4n) is 4.46. The fourth-order valence-corrected chi connectivity index (χ4v) is 4.46. The summed E-state index contributed by atoms with van der Waals surface area (Å²) >= 11 is 0. The van der Waals surface area contributed by atoms with Crippen molar-refractivity contribution in [2.75, 3.05) is 26.7 Å². The molecule has 0 aromatic heterocycles. The number of likely N-dealkylation sites (tertiary alicyclic amines) is 1. The van der Waals surface area contributed by atoms with Gasteiger partial charge in [-0.05, 0) is 31.1 Å². The molecular weight excluding hydrogens is 429 g/mol. The number of aliphatic imine (C=N–C) groups is 1. The van der Waals surface area contributed by atoms with Gasteiger partial charge in [0.25, 0.3) is 0 Å². The third-order valence-corrected chi connectivity index (χ3v) is 5.95. The Labute approximate surface area is 168 Å². The van der Waals surface area contributed by atoms with Crippen molar-refractivity contribution in [2.45, 2.75) is 63.5 Å². The molecule has 1 heterocycles. The molecule has 7 heteroatoms. The molecule has 3 rings (SSSR count). The van der Waals surface area contributed by atoms with Crippen LogP contribution in [0, 0.1) is 11.8 Å². The van der Waals surface area contributed by atoms with Crippen LogP contribution in [-0.4, -0.2) is 55.5 Å². The third-order valence-electron chi connectivity index (χ3n) is 5.95. The average Bonchev–Trinajstić information content (AvgIpc) is 3.35. The average molecular weight is 463 g/mol. The Morgan fingerprint density at radius 2 is 1.80 bits per heavy atom. The Morgan fingerprint density at radius 1 is 1.12 bits per heavy atom. The number of piperidine rings is 1. The fraction of sp³-hybridized carbons (Fsp3) is 0.889. The zero-order valence-corrected chi connectivity index (χ0v) is 17.7. The Kier molecular flexibility index (Phi) is 8.25. The summed E-state index contributed by atoms with van der Waals surface area (Å²) in [4.78, 5) is 17.5. The SMILES string of the molecule is CN=C(NC1CCN(CC(N)=O)CC1)NC1CC1C1CCCCC1.I. The lowest BCUT2D eigenvalue weighted by molar-refractivity contribution is -0.119. The van der Waals surface area contributed by atoms with E-state index in [1.165, 1.54) is 38.5 Å². The smallest absolute Gasteiger partial charge is 0.231 e. The zero-order chi connectivity index (χ0) is 16.9. The van der Waals surface area contributed by atoms with Gasteiger partial charge in [-0.2, -0.15) is 0 Å². The van der Waals surface area contributed by atoms with E-state index in [0.29, 0.717) is 18.6 Å². The topological polar surface area (TPSA) is 82.8 Å². The van der Waals surface area contributed by atoms with Crippen LogP contribution in [0.2, 0.25) is 0 Å². The molecule has 2 unspecified atom stereocenters. The molecule has 0 spiro atoms. The molecule has 3 fully saturated rings. The second-order valence-electron chi connectivity index (χ2n) is 7.78. The van der Waals surface area contributed by atoms with Crippen molar-refractivity contribution in [3.63, 3.8) is 0 Å². The minimum absolute atomic E-state index is 0. The van der Waals surface area contributed by atoms with E-state index in [0.717, 1.165) is 43.7 Å². The molecule has 2 aliphatic carbocycles. The third kappa shape index (κ3) is 6.27. The summed E-state index contributed by atoms with van der Waals surface area (Å²) in [5.41, 5.74) is 5.27. The highest BCUT2D eigenvalue weighted by molar-refractivity contribution is 14.0. The number of nitrogens with zero attached hydrogens (tertiary/aromatic N) is 2. The Balaban J connectivity index is 0.00000225. The van der Waals surface area contributed by atoms with Crippen LogP contribution in [-0.2, 0) is 4.79 Å². The van der Waals surface area contributed by atoms with E-state index in [9.17, 15) is 4.79 Å². The highest BCUT2D eigenvalue weighted by atomic mass is 127. The first-order valence-corrected chi connectivity index (χ1v) is 9.66. The molecule has 0 radical (unpaired) electrons. The molecule has 1 saturated heterocycles. The Bertz CT molecular complexity index is 458. The number of carbonyl (C=O) groups excluding carboxylic acids is 1. The van der Waals surface area contributed by atoms with Gasteiger partial charge in [0.15, 0.2) is 5.96 Å². The number of hydrogen-bond acceptors (Lipinski definition) is 3. The predicted octanol–water partition coefficient (Wildman–Crippen LogP) is 1.69. The molecule has 144 valence electrons. The van der Waals surface area contributed by atoms with Gasteiger partial charge in [-0.1, -0.05) is 32.1 Å². The molecule has 1 amide bonds. The summed E-state index contributed by atoms with van der Waals surface area (Å²) in [5.74, 6) is 2.51. The lowest BCUT2D eigenvalue weighted by atomic mass is 9.85. The van der Waals surface area contributed by atoms with Crippen LogP contribution in [0.25, 0.3) is 0 Å². The van der Waals surface area contributed by atoms with Gasteiger partial charge in [0.05, 0.1) is 6.54 Å². The van der Waals surface area contributed by atoms with Crippen molar-refractivity contribution >= 4 is 35.8 Å². The van der Waals surface area contributed by atoms with Gasteiger partial charge >= 0.3 is 0 Å². The normalized spacial score (nSPS) is 28.9. The number of nitrogens with two attached hydrogens (primary N) is 1. The number of rotatable bonds is 5. The van der Waals surface area contributed by atoms with Crippen LogP contribution in [0.5, 0.6) is 0 Å². The standard InChI is InChI=1S/C18H33N5O.HI/c1-20-18(21-14-7-9-23(10-8-14)12-17(19)24)22-16-11-15(16)13-5-3-2-4-6-13;/h13-16H,2-12H2,1H3,(H2,19,24)(H2,20,21,22);1H. The largest absolute Gasteiger partial charge is 0.369 e. The van der Waals surface area contributed by atoms with Gasteiger partial charge in [-0.3, -0.25) is 14.7 Å². The number of guanidine groups is 1. The van der Waals surface area contributed by atoms with E-state index >= 15 is 0 Å². The second-order valence-corrected chi connectivity index (χ2v) is 7.78. The van der Waals surface area contributed by atoms with Crippen molar-refractivity contribution in [2.24, 2.45) is 22.6 Å². The van der Waals surface area contributed by atoms with Gasteiger partial charge in [0.1, 0.15) is 0 Å². The van der Waals surface area contributed by atoms with Gasteiger partial charge in [-0.25, -0.2) is 0 Å². The molecule has 3 aliphatic rings. The van der Waals surface area contributed by atoms with Crippen molar-refractivity contribution in [3.8, 4) is 0 Å². The monoisotopic (exact) mass is 463 g/mol. The maximum Gasteiger partial charge on any atom is 0.231 e. The van der Waals surface area contributed by atoms with Crippen molar-refractivity contribution in [1.82, 2.24) is 15.5 Å². The van der Waals surface area contributed by atoms with Crippen LogP contribution < -0.4 is 16.4 Å². The minimum Gasteiger partial charge on any atom is -0.369 e. The molecule has 2 atom stereocenters. The minimum atomic E-state index is -0.235. The predicted molar refractivity (Wildman–Crippen MR) is 112 cm³/mol. The van der Waals surface area contributed by atoms with Gasteiger partial charge < -0.3 is 16.4 Å². The highest BCUT2D eigenvalue weighted by Crippen LogP contribution is 2.44. The van der Waals surface area contributed by atoms with E-state index < -0.39 is 0 Å². The molecule has 2 saturated carbocycles. The van der Waals surface area contributed by atoms with E-state index in [2.05, 4.69) is 20.5 Å². The molecular formula is C18H34IN5O. The number of nitrogens with one attached hydrogen (secondary N) is 2. The highest BCUT2D eigenvalue weighted by Gasteiger charge is 2.43.